The van der Waals surface area contributed by atoms with Gasteiger partial charge in [-0.25, -0.2) is 8.42 Å². The van der Waals surface area contributed by atoms with Crippen molar-refractivity contribution in [3.05, 3.63) is 83.4 Å². The standard InChI is InChI=1S/C23H22ClN3O4S/c24-18-3-5-20(6-4-18)26-32(29,30)22-11-7-19(8-12-22)25-23(28)17-1-9-21(10-2-17)27-13-15-31-16-14-27/h1-12,26H,13-16H2,(H,25,28). The number of morpholine rings is 1. The van der Waals surface area contributed by atoms with E-state index in [0.717, 1.165) is 18.8 Å². The molecule has 4 rings (SSSR count). The molecular formula is C23H22ClN3O4S. The van der Waals surface area contributed by atoms with Crippen molar-refractivity contribution in [1.29, 1.82) is 0 Å². The van der Waals surface area contributed by atoms with Gasteiger partial charge in [0, 0.05) is 40.7 Å². The topological polar surface area (TPSA) is 87.7 Å². The van der Waals surface area contributed by atoms with Crippen molar-refractivity contribution in [2.45, 2.75) is 4.90 Å². The molecule has 166 valence electrons. The minimum Gasteiger partial charge on any atom is -0.378 e. The van der Waals surface area contributed by atoms with Crippen molar-refractivity contribution >= 4 is 44.6 Å². The third-order valence-corrected chi connectivity index (χ3v) is 6.67. The van der Waals surface area contributed by atoms with Crippen LogP contribution in [-0.2, 0) is 14.8 Å². The van der Waals surface area contributed by atoms with E-state index < -0.39 is 10.0 Å². The molecule has 3 aromatic rings. The SMILES string of the molecule is O=C(Nc1ccc(S(=O)(=O)Nc2ccc(Cl)cc2)cc1)c1ccc(N2CCOCC2)cc1. The van der Waals surface area contributed by atoms with E-state index in [9.17, 15) is 13.2 Å². The lowest BCUT2D eigenvalue weighted by Crippen LogP contribution is -2.36. The summed E-state index contributed by atoms with van der Waals surface area (Å²) in [7, 11) is -3.76. The molecule has 32 heavy (non-hydrogen) atoms. The Labute approximate surface area is 192 Å². The predicted molar refractivity (Wildman–Crippen MR) is 126 cm³/mol. The van der Waals surface area contributed by atoms with E-state index in [1.807, 2.05) is 12.1 Å². The molecule has 1 heterocycles. The number of hydrogen-bond donors (Lipinski definition) is 2. The van der Waals surface area contributed by atoms with E-state index in [-0.39, 0.29) is 10.8 Å². The highest BCUT2D eigenvalue weighted by Gasteiger charge is 2.15. The fraction of sp³-hybridized carbons (Fsp3) is 0.174. The molecule has 2 N–H and O–H groups in total. The van der Waals surface area contributed by atoms with Gasteiger partial charge in [-0.1, -0.05) is 11.6 Å². The number of ether oxygens (including phenoxy) is 1. The second kappa shape index (κ2) is 9.60. The number of amides is 1. The lowest BCUT2D eigenvalue weighted by atomic mass is 10.1. The Hall–Kier alpha value is -3.07. The van der Waals surface area contributed by atoms with E-state index in [1.165, 1.54) is 12.1 Å². The fourth-order valence-corrected chi connectivity index (χ4v) is 4.48. The summed E-state index contributed by atoms with van der Waals surface area (Å²) in [6.07, 6.45) is 0. The molecule has 1 aliphatic heterocycles. The normalized spacial score (nSPS) is 14.1. The van der Waals surface area contributed by atoms with Crippen LogP contribution in [0.15, 0.2) is 77.7 Å². The zero-order valence-corrected chi connectivity index (χ0v) is 18.7. The van der Waals surface area contributed by atoms with Crippen LogP contribution in [-0.4, -0.2) is 40.6 Å². The molecule has 0 unspecified atom stereocenters. The van der Waals surface area contributed by atoms with E-state index in [4.69, 9.17) is 16.3 Å². The summed E-state index contributed by atoms with van der Waals surface area (Å²) in [6.45, 7) is 3.05. The molecule has 0 spiro atoms. The second-order valence-electron chi connectivity index (χ2n) is 7.24. The van der Waals surface area contributed by atoms with Crippen LogP contribution in [0.3, 0.4) is 0 Å². The minimum atomic E-state index is -3.76. The van der Waals surface area contributed by atoms with Crippen LogP contribution in [0.2, 0.25) is 5.02 Å². The molecule has 9 heteroatoms. The van der Waals surface area contributed by atoms with Gasteiger partial charge in [-0.15, -0.1) is 0 Å². The van der Waals surface area contributed by atoms with Crippen molar-refractivity contribution in [3.63, 3.8) is 0 Å². The zero-order valence-electron chi connectivity index (χ0n) is 17.1. The Kier molecular flexibility index (Phi) is 6.64. The molecule has 1 aliphatic rings. The molecule has 0 atom stereocenters. The average molecular weight is 472 g/mol. The first-order valence-electron chi connectivity index (χ1n) is 10.0. The minimum absolute atomic E-state index is 0.0836. The molecule has 1 saturated heterocycles. The first kappa shape index (κ1) is 22.1. The second-order valence-corrected chi connectivity index (χ2v) is 9.36. The summed E-state index contributed by atoms with van der Waals surface area (Å²) in [6, 6.07) is 19.7. The third-order valence-electron chi connectivity index (χ3n) is 5.02. The summed E-state index contributed by atoms with van der Waals surface area (Å²) in [4.78, 5) is 14.9. The Morgan fingerprint density at radius 3 is 2.06 bits per heavy atom. The van der Waals surface area contributed by atoms with Crippen LogP contribution in [0.4, 0.5) is 17.1 Å². The van der Waals surface area contributed by atoms with Crippen LogP contribution in [0.5, 0.6) is 0 Å². The van der Waals surface area contributed by atoms with E-state index in [0.29, 0.717) is 35.2 Å². The van der Waals surface area contributed by atoms with Gasteiger partial charge in [0.1, 0.15) is 0 Å². The monoisotopic (exact) mass is 471 g/mol. The molecule has 0 aliphatic carbocycles. The number of hydrogen-bond acceptors (Lipinski definition) is 5. The third kappa shape index (κ3) is 5.40. The zero-order chi connectivity index (χ0) is 22.6. The fourth-order valence-electron chi connectivity index (χ4n) is 3.30. The number of rotatable bonds is 6. The van der Waals surface area contributed by atoms with Gasteiger partial charge < -0.3 is 15.0 Å². The molecule has 0 aromatic heterocycles. The van der Waals surface area contributed by atoms with E-state index in [1.54, 1.807) is 48.5 Å². The lowest BCUT2D eigenvalue weighted by molar-refractivity contribution is 0.102. The van der Waals surface area contributed by atoms with Gasteiger partial charge in [0.2, 0.25) is 0 Å². The maximum atomic E-state index is 12.6. The molecular weight excluding hydrogens is 450 g/mol. The van der Waals surface area contributed by atoms with Crippen molar-refractivity contribution in [1.82, 2.24) is 0 Å². The number of nitrogens with zero attached hydrogens (tertiary/aromatic N) is 1. The van der Waals surface area contributed by atoms with Crippen LogP contribution in [0, 0.1) is 0 Å². The first-order chi connectivity index (χ1) is 15.4. The highest BCUT2D eigenvalue weighted by molar-refractivity contribution is 7.92. The number of anilines is 3. The van der Waals surface area contributed by atoms with E-state index in [2.05, 4.69) is 14.9 Å². The largest absolute Gasteiger partial charge is 0.378 e. The van der Waals surface area contributed by atoms with Crippen molar-refractivity contribution in [2.75, 3.05) is 41.2 Å². The Morgan fingerprint density at radius 2 is 1.44 bits per heavy atom. The van der Waals surface area contributed by atoms with Gasteiger partial charge in [0.05, 0.1) is 18.1 Å². The smallest absolute Gasteiger partial charge is 0.261 e. The Balaban J connectivity index is 1.39. The maximum Gasteiger partial charge on any atom is 0.261 e. The number of carbonyl (C=O) groups excluding carboxylic acids is 1. The van der Waals surface area contributed by atoms with Gasteiger partial charge in [0.15, 0.2) is 0 Å². The van der Waals surface area contributed by atoms with Gasteiger partial charge in [-0.3, -0.25) is 9.52 Å². The van der Waals surface area contributed by atoms with Crippen LogP contribution in [0.25, 0.3) is 0 Å². The Bertz CT molecular complexity index is 1180. The van der Waals surface area contributed by atoms with Crippen molar-refractivity contribution < 1.29 is 17.9 Å². The number of carbonyl (C=O) groups is 1. The Morgan fingerprint density at radius 1 is 0.844 bits per heavy atom. The first-order valence-corrected chi connectivity index (χ1v) is 11.9. The van der Waals surface area contributed by atoms with Gasteiger partial charge in [-0.2, -0.15) is 0 Å². The molecule has 1 fully saturated rings. The number of nitrogens with one attached hydrogen (secondary N) is 2. The molecule has 7 nitrogen and oxygen atoms in total. The number of halogens is 1. The predicted octanol–water partition coefficient (Wildman–Crippen LogP) is 4.23. The van der Waals surface area contributed by atoms with Gasteiger partial charge >= 0.3 is 0 Å². The van der Waals surface area contributed by atoms with Crippen LogP contribution >= 0.6 is 11.6 Å². The maximum absolute atomic E-state index is 12.6. The number of benzene rings is 3. The van der Waals surface area contributed by atoms with Crippen molar-refractivity contribution in [2.24, 2.45) is 0 Å². The molecule has 0 radical (unpaired) electrons. The van der Waals surface area contributed by atoms with E-state index >= 15 is 0 Å². The molecule has 0 saturated carbocycles. The molecule has 0 bridgehead atoms. The van der Waals surface area contributed by atoms with Crippen LogP contribution in [0.1, 0.15) is 10.4 Å². The summed E-state index contributed by atoms with van der Waals surface area (Å²) in [5, 5.41) is 3.31. The quantitative estimate of drug-likeness (QED) is 0.561. The highest BCUT2D eigenvalue weighted by atomic mass is 35.5. The number of sulfonamides is 1. The van der Waals surface area contributed by atoms with Gasteiger partial charge in [0.25, 0.3) is 15.9 Å². The lowest BCUT2D eigenvalue weighted by Gasteiger charge is -2.28. The van der Waals surface area contributed by atoms with Crippen molar-refractivity contribution in [3.8, 4) is 0 Å². The summed E-state index contributed by atoms with van der Waals surface area (Å²) in [5.41, 5.74) is 2.47. The average Bonchev–Trinajstić information content (AvgIpc) is 2.81. The summed E-state index contributed by atoms with van der Waals surface area (Å²) < 4.78 is 33.0. The molecule has 3 aromatic carbocycles. The highest BCUT2D eigenvalue weighted by Crippen LogP contribution is 2.21. The molecule has 1 amide bonds. The summed E-state index contributed by atoms with van der Waals surface area (Å²) in [5.74, 6) is -0.270. The van der Waals surface area contributed by atoms with Crippen LogP contribution < -0.4 is 14.9 Å². The summed E-state index contributed by atoms with van der Waals surface area (Å²) >= 11 is 5.83. The van der Waals surface area contributed by atoms with Gasteiger partial charge in [-0.05, 0) is 72.8 Å².